The van der Waals surface area contributed by atoms with Gasteiger partial charge in [0.25, 0.3) is 5.56 Å². The first kappa shape index (κ1) is 9.66. The van der Waals surface area contributed by atoms with E-state index in [0.717, 1.165) is 4.68 Å². The molecule has 0 aliphatic heterocycles. The Kier molecular flexibility index (Phi) is 2.16. The van der Waals surface area contributed by atoms with Crippen molar-refractivity contribution >= 4 is 28.6 Å². The van der Waals surface area contributed by atoms with Crippen molar-refractivity contribution in [2.45, 2.75) is 6.54 Å². The summed E-state index contributed by atoms with van der Waals surface area (Å²) in [6.07, 6.45) is 1.29. The van der Waals surface area contributed by atoms with E-state index in [4.69, 9.17) is 16.7 Å². The highest BCUT2D eigenvalue weighted by Gasteiger charge is 2.11. The maximum absolute atomic E-state index is 11.4. The molecule has 0 aliphatic carbocycles. The highest BCUT2D eigenvalue weighted by atomic mass is 35.5. The largest absolute Gasteiger partial charge is 0.480 e. The van der Waals surface area contributed by atoms with Gasteiger partial charge in [-0.25, -0.2) is 9.67 Å². The van der Waals surface area contributed by atoms with Crippen molar-refractivity contribution in [2.75, 3.05) is 0 Å². The monoisotopic (exact) mass is 228 g/mol. The second kappa shape index (κ2) is 3.35. The predicted molar refractivity (Wildman–Crippen MR) is 50.8 cm³/mol. The third kappa shape index (κ3) is 1.68. The SMILES string of the molecule is O=C(O)Cn1ncc2nc(Cl)[nH]c(=O)c21. The van der Waals surface area contributed by atoms with Crippen molar-refractivity contribution < 1.29 is 9.90 Å². The number of carboxylic acids is 1. The molecule has 0 aromatic carbocycles. The molecular formula is C7H5ClN4O3. The summed E-state index contributed by atoms with van der Waals surface area (Å²) in [5.41, 5.74) is -0.143. The van der Waals surface area contributed by atoms with Crippen LogP contribution < -0.4 is 5.56 Å². The van der Waals surface area contributed by atoms with Gasteiger partial charge in [-0.3, -0.25) is 14.6 Å². The molecule has 2 heterocycles. The summed E-state index contributed by atoms with van der Waals surface area (Å²) in [6, 6.07) is 0. The first-order valence-electron chi connectivity index (χ1n) is 3.91. The van der Waals surface area contributed by atoms with Crippen LogP contribution in [0.1, 0.15) is 0 Å². The number of aliphatic carboxylic acids is 1. The summed E-state index contributed by atoms with van der Waals surface area (Å²) >= 11 is 5.52. The molecular weight excluding hydrogens is 224 g/mol. The zero-order valence-corrected chi connectivity index (χ0v) is 8.02. The van der Waals surface area contributed by atoms with E-state index in [9.17, 15) is 9.59 Å². The molecule has 0 saturated carbocycles. The van der Waals surface area contributed by atoms with Crippen LogP contribution >= 0.6 is 11.6 Å². The van der Waals surface area contributed by atoms with Gasteiger partial charge < -0.3 is 5.11 Å². The number of nitrogens with zero attached hydrogens (tertiary/aromatic N) is 3. The number of carbonyl (C=O) groups is 1. The van der Waals surface area contributed by atoms with Crippen molar-refractivity contribution in [1.29, 1.82) is 0 Å². The van der Waals surface area contributed by atoms with Crippen LogP contribution in [0.3, 0.4) is 0 Å². The van der Waals surface area contributed by atoms with Gasteiger partial charge in [-0.2, -0.15) is 5.10 Å². The summed E-state index contributed by atoms with van der Waals surface area (Å²) in [6.45, 7) is -0.393. The lowest BCUT2D eigenvalue weighted by Crippen LogP contribution is -2.16. The van der Waals surface area contributed by atoms with Gasteiger partial charge in [0.1, 0.15) is 12.1 Å². The minimum absolute atomic E-state index is 0.0534. The summed E-state index contributed by atoms with van der Waals surface area (Å²) in [5, 5.41) is 12.2. The number of carboxylic acid groups (broad SMARTS) is 1. The average Bonchev–Trinajstić information content (AvgIpc) is 2.46. The summed E-state index contributed by atoms with van der Waals surface area (Å²) in [4.78, 5) is 28.0. The molecule has 15 heavy (non-hydrogen) atoms. The molecule has 8 heteroatoms. The molecule has 2 aromatic heterocycles. The van der Waals surface area contributed by atoms with Crippen molar-refractivity contribution in [1.82, 2.24) is 19.7 Å². The van der Waals surface area contributed by atoms with Crippen LogP contribution in [0.25, 0.3) is 11.0 Å². The van der Waals surface area contributed by atoms with E-state index in [0.29, 0.717) is 0 Å². The molecule has 0 saturated heterocycles. The first-order chi connectivity index (χ1) is 7.08. The molecule has 0 spiro atoms. The second-order valence-electron chi connectivity index (χ2n) is 2.79. The Labute approximate surface area is 87.3 Å². The standard InChI is InChI=1S/C7H5ClN4O3/c8-7-10-3-1-9-12(2-4(13)14)5(3)6(15)11-7/h1H,2H2,(H,13,14)(H,10,11,15). The maximum atomic E-state index is 11.4. The lowest BCUT2D eigenvalue weighted by Gasteiger charge is -1.97. The van der Waals surface area contributed by atoms with Crippen molar-refractivity contribution in [3.8, 4) is 0 Å². The van der Waals surface area contributed by atoms with Crippen molar-refractivity contribution in [3.63, 3.8) is 0 Å². The number of fused-ring (bicyclic) bond motifs is 1. The highest BCUT2D eigenvalue weighted by Crippen LogP contribution is 2.07. The fourth-order valence-electron chi connectivity index (χ4n) is 1.23. The van der Waals surface area contributed by atoms with E-state index in [-0.39, 0.29) is 16.3 Å². The van der Waals surface area contributed by atoms with Crippen molar-refractivity contribution in [3.05, 3.63) is 21.8 Å². The molecule has 0 aliphatic rings. The van der Waals surface area contributed by atoms with E-state index in [2.05, 4.69) is 15.1 Å². The van der Waals surface area contributed by atoms with E-state index in [1.807, 2.05) is 0 Å². The molecule has 0 radical (unpaired) electrons. The molecule has 2 aromatic rings. The Morgan fingerprint density at radius 1 is 1.67 bits per heavy atom. The molecule has 2 rings (SSSR count). The van der Waals surface area contributed by atoms with Gasteiger partial charge in [-0.1, -0.05) is 0 Å². The van der Waals surface area contributed by atoms with E-state index < -0.39 is 18.1 Å². The van der Waals surface area contributed by atoms with Gasteiger partial charge in [-0.15, -0.1) is 0 Å². The van der Waals surface area contributed by atoms with Crippen LogP contribution in [-0.4, -0.2) is 30.8 Å². The number of hydrogen-bond donors (Lipinski definition) is 2. The van der Waals surface area contributed by atoms with Gasteiger partial charge in [-0.05, 0) is 11.6 Å². The normalized spacial score (nSPS) is 10.7. The maximum Gasteiger partial charge on any atom is 0.325 e. The number of hydrogen-bond acceptors (Lipinski definition) is 4. The quantitative estimate of drug-likeness (QED) is 0.697. The molecule has 78 valence electrons. The van der Waals surface area contributed by atoms with E-state index >= 15 is 0 Å². The van der Waals surface area contributed by atoms with Crippen molar-refractivity contribution in [2.24, 2.45) is 0 Å². The van der Waals surface area contributed by atoms with Gasteiger partial charge in [0.05, 0.1) is 6.20 Å². The third-order valence-corrected chi connectivity index (χ3v) is 1.93. The Morgan fingerprint density at radius 3 is 3.07 bits per heavy atom. The van der Waals surface area contributed by atoms with Gasteiger partial charge in [0.15, 0.2) is 5.52 Å². The molecule has 0 bridgehead atoms. The summed E-state index contributed by atoms with van der Waals surface area (Å²) in [7, 11) is 0. The third-order valence-electron chi connectivity index (χ3n) is 1.76. The number of nitrogens with one attached hydrogen (secondary N) is 1. The fourth-order valence-corrected chi connectivity index (χ4v) is 1.40. The number of aromatic amines is 1. The molecule has 0 unspecified atom stereocenters. The second-order valence-corrected chi connectivity index (χ2v) is 3.14. The van der Waals surface area contributed by atoms with E-state index in [1.165, 1.54) is 6.20 Å². The molecule has 7 nitrogen and oxygen atoms in total. The topological polar surface area (TPSA) is 101 Å². The van der Waals surface area contributed by atoms with Crippen LogP contribution in [0, 0.1) is 0 Å². The predicted octanol–water partition coefficient (Wildman–Crippen LogP) is -0.142. The number of halogens is 1. The Balaban J connectivity index is 2.69. The smallest absolute Gasteiger partial charge is 0.325 e. The summed E-state index contributed by atoms with van der Waals surface area (Å²) in [5.74, 6) is -1.09. The zero-order valence-electron chi connectivity index (χ0n) is 7.27. The minimum atomic E-state index is -1.09. The number of H-pyrrole nitrogens is 1. The lowest BCUT2D eigenvalue weighted by molar-refractivity contribution is -0.137. The lowest BCUT2D eigenvalue weighted by atomic mass is 10.4. The minimum Gasteiger partial charge on any atom is -0.480 e. The molecule has 2 N–H and O–H groups in total. The van der Waals surface area contributed by atoms with Gasteiger partial charge in [0, 0.05) is 0 Å². The van der Waals surface area contributed by atoms with Gasteiger partial charge >= 0.3 is 5.97 Å². The highest BCUT2D eigenvalue weighted by molar-refractivity contribution is 6.28. The molecule has 0 amide bonds. The van der Waals surface area contributed by atoms with Crippen LogP contribution in [0.4, 0.5) is 0 Å². The Morgan fingerprint density at radius 2 is 2.40 bits per heavy atom. The Bertz CT molecular complexity index is 587. The van der Waals surface area contributed by atoms with Crippen LogP contribution in [0.15, 0.2) is 11.0 Å². The Hall–Kier alpha value is -1.89. The zero-order chi connectivity index (χ0) is 11.0. The van der Waals surface area contributed by atoms with E-state index in [1.54, 1.807) is 0 Å². The van der Waals surface area contributed by atoms with Crippen LogP contribution in [0.5, 0.6) is 0 Å². The molecule has 0 fully saturated rings. The number of rotatable bonds is 2. The fraction of sp³-hybridized carbons (Fsp3) is 0.143. The van der Waals surface area contributed by atoms with Crippen LogP contribution in [-0.2, 0) is 11.3 Å². The summed E-state index contributed by atoms with van der Waals surface area (Å²) < 4.78 is 1.06. The average molecular weight is 229 g/mol. The first-order valence-corrected chi connectivity index (χ1v) is 4.29. The number of aromatic nitrogens is 4. The van der Waals surface area contributed by atoms with Crippen LogP contribution in [0.2, 0.25) is 5.28 Å². The van der Waals surface area contributed by atoms with Gasteiger partial charge in [0.2, 0.25) is 5.28 Å². The molecule has 0 atom stereocenters.